The van der Waals surface area contributed by atoms with E-state index in [1.54, 1.807) is 12.3 Å². The van der Waals surface area contributed by atoms with Crippen LogP contribution in [0.15, 0.2) is 60.9 Å². The number of hydrogen-bond donors (Lipinski definition) is 3. The zero-order valence-electron chi connectivity index (χ0n) is 17.5. The highest BCUT2D eigenvalue weighted by atomic mass is 32.2. The Morgan fingerprint density at radius 1 is 1.15 bits per heavy atom. The van der Waals surface area contributed by atoms with E-state index in [0.717, 1.165) is 17.8 Å². The second-order valence-corrected chi connectivity index (χ2v) is 9.20. The minimum Gasteiger partial charge on any atom is -0.354 e. The molecule has 10 heteroatoms. The van der Waals surface area contributed by atoms with E-state index < -0.39 is 38.3 Å². The van der Waals surface area contributed by atoms with E-state index in [0.29, 0.717) is 16.7 Å². The minimum atomic E-state index is -4.17. The van der Waals surface area contributed by atoms with E-state index in [1.165, 1.54) is 13.1 Å². The lowest BCUT2D eigenvalue weighted by Crippen LogP contribution is -2.23. The molecule has 0 aliphatic heterocycles. The summed E-state index contributed by atoms with van der Waals surface area (Å²) < 4.78 is 53.7. The number of benzene rings is 2. The van der Waals surface area contributed by atoms with Crippen molar-refractivity contribution in [2.24, 2.45) is 5.14 Å². The van der Waals surface area contributed by atoms with Crippen LogP contribution in [-0.4, -0.2) is 24.2 Å². The lowest BCUT2D eigenvalue weighted by atomic mass is 9.98. The van der Waals surface area contributed by atoms with Crippen molar-refractivity contribution in [2.45, 2.75) is 18.6 Å². The van der Waals surface area contributed by atoms with Crippen molar-refractivity contribution in [3.8, 4) is 0 Å². The van der Waals surface area contributed by atoms with Gasteiger partial charge in [0.1, 0.15) is 22.5 Å². The molecule has 0 fully saturated rings. The number of primary sulfonamides is 1. The summed E-state index contributed by atoms with van der Waals surface area (Å²) in [5.74, 6) is -3.30. The number of nitrogens with two attached hydrogens (primary N) is 1. The number of anilines is 2. The number of carbonyl (C=O) groups excluding carboxylic acids is 1. The number of H-pyrrole nitrogens is 1. The number of hydrogen-bond acceptors (Lipinski definition) is 5. The van der Waals surface area contributed by atoms with Crippen LogP contribution in [0.25, 0.3) is 11.0 Å². The average Bonchev–Trinajstić information content (AvgIpc) is 3.19. The molecule has 4 rings (SSSR count). The Bertz CT molecular complexity index is 1450. The zero-order chi connectivity index (χ0) is 23.8. The second kappa shape index (κ2) is 8.72. The molecule has 4 aromatic rings. The van der Waals surface area contributed by atoms with Crippen molar-refractivity contribution >= 4 is 38.2 Å². The Balaban J connectivity index is 1.79. The van der Waals surface area contributed by atoms with Gasteiger partial charge in [-0.1, -0.05) is 31.2 Å². The fourth-order valence-corrected chi connectivity index (χ4v) is 4.74. The molecule has 1 unspecified atom stereocenters. The molecule has 170 valence electrons. The number of para-hydroxylation sites is 1. The van der Waals surface area contributed by atoms with E-state index in [2.05, 4.69) is 15.3 Å². The lowest BCUT2D eigenvalue weighted by Gasteiger charge is -2.16. The van der Waals surface area contributed by atoms with Crippen molar-refractivity contribution < 1.29 is 22.0 Å². The SMILES string of the molecule is CCC(c1ccc(F)c(C(=O)c2c[nH]c3ncc(Nc4ccccc4)cc23)c1F)S(N)(=O)=O. The lowest BCUT2D eigenvalue weighted by molar-refractivity contribution is 0.103. The highest BCUT2D eigenvalue weighted by Crippen LogP contribution is 2.32. The fraction of sp³-hybridized carbons (Fsp3) is 0.130. The summed E-state index contributed by atoms with van der Waals surface area (Å²) in [5.41, 5.74) is 0.501. The molecule has 0 aliphatic carbocycles. The molecule has 2 aromatic heterocycles. The molecular formula is C23H20F2N4O3S. The van der Waals surface area contributed by atoms with Crippen molar-refractivity contribution in [3.63, 3.8) is 0 Å². The minimum absolute atomic E-state index is 0.00665. The maximum atomic E-state index is 15.3. The van der Waals surface area contributed by atoms with Crippen molar-refractivity contribution in [3.05, 3.63) is 89.2 Å². The molecule has 0 radical (unpaired) electrons. The maximum Gasteiger partial charge on any atom is 0.216 e. The summed E-state index contributed by atoms with van der Waals surface area (Å²) in [6.07, 6.45) is 2.83. The standard InChI is InChI=1S/C23H20F2N4O3S/c1-2-19(33(26,31)32)15-8-9-18(24)20(21(15)25)22(30)17-12-28-23-16(17)10-14(11-27-23)29-13-6-4-3-5-7-13/h3-12,19,29H,2H2,1H3,(H,27,28)(H2,26,31,32). The van der Waals surface area contributed by atoms with Crippen molar-refractivity contribution in [1.82, 2.24) is 9.97 Å². The molecule has 0 spiro atoms. The fourth-order valence-electron chi connectivity index (χ4n) is 3.74. The maximum absolute atomic E-state index is 15.3. The normalized spacial score (nSPS) is 12.6. The molecule has 0 amide bonds. The number of halogens is 2. The number of nitrogens with zero attached hydrogens (tertiary/aromatic N) is 1. The van der Waals surface area contributed by atoms with Gasteiger partial charge in [0.05, 0.1) is 17.4 Å². The van der Waals surface area contributed by atoms with Crippen LogP contribution in [-0.2, 0) is 10.0 Å². The number of ketones is 1. The monoisotopic (exact) mass is 470 g/mol. The van der Waals surface area contributed by atoms with Gasteiger partial charge in [-0.15, -0.1) is 0 Å². The van der Waals surface area contributed by atoms with Crippen LogP contribution >= 0.6 is 0 Å². The number of nitrogens with one attached hydrogen (secondary N) is 2. The topological polar surface area (TPSA) is 118 Å². The van der Waals surface area contributed by atoms with Crippen LogP contribution < -0.4 is 10.5 Å². The number of sulfonamides is 1. The Kier molecular flexibility index (Phi) is 5.96. The second-order valence-electron chi connectivity index (χ2n) is 7.45. The molecule has 0 bridgehead atoms. The summed E-state index contributed by atoms with van der Waals surface area (Å²) in [4.78, 5) is 20.3. The number of aromatic nitrogens is 2. The highest BCUT2D eigenvalue weighted by Gasteiger charge is 2.30. The van der Waals surface area contributed by atoms with Gasteiger partial charge in [-0.25, -0.2) is 27.3 Å². The first-order valence-electron chi connectivity index (χ1n) is 10.0. The molecule has 0 saturated heterocycles. The number of fused-ring (bicyclic) bond motifs is 1. The van der Waals surface area contributed by atoms with Gasteiger partial charge < -0.3 is 10.3 Å². The first-order valence-corrected chi connectivity index (χ1v) is 11.6. The Morgan fingerprint density at radius 3 is 2.55 bits per heavy atom. The molecule has 33 heavy (non-hydrogen) atoms. The molecule has 0 aliphatic rings. The quantitative estimate of drug-likeness (QED) is 0.342. The van der Waals surface area contributed by atoms with Crippen molar-refractivity contribution in [2.75, 3.05) is 5.32 Å². The molecular weight excluding hydrogens is 450 g/mol. The molecule has 7 nitrogen and oxygen atoms in total. The van der Waals surface area contributed by atoms with Crippen LogP contribution in [0.1, 0.15) is 40.1 Å². The van der Waals surface area contributed by atoms with Gasteiger partial charge in [0.25, 0.3) is 0 Å². The zero-order valence-corrected chi connectivity index (χ0v) is 18.3. The predicted molar refractivity (Wildman–Crippen MR) is 122 cm³/mol. The van der Waals surface area contributed by atoms with Gasteiger partial charge >= 0.3 is 0 Å². The molecule has 1 atom stereocenters. The van der Waals surface area contributed by atoms with Gasteiger partial charge in [-0.3, -0.25) is 4.79 Å². The van der Waals surface area contributed by atoms with Gasteiger partial charge in [-0.05, 0) is 30.7 Å². The van der Waals surface area contributed by atoms with E-state index in [-0.39, 0.29) is 17.5 Å². The Morgan fingerprint density at radius 2 is 1.88 bits per heavy atom. The van der Waals surface area contributed by atoms with Crippen LogP contribution in [0.5, 0.6) is 0 Å². The number of rotatable bonds is 7. The largest absolute Gasteiger partial charge is 0.354 e. The molecule has 4 N–H and O–H groups in total. The van der Waals surface area contributed by atoms with Gasteiger partial charge in [0.15, 0.2) is 0 Å². The Hall–Kier alpha value is -3.63. The third-order valence-electron chi connectivity index (χ3n) is 5.30. The first kappa shape index (κ1) is 22.6. The van der Waals surface area contributed by atoms with Crippen LogP contribution in [0.4, 0.5) is 20.2 Å². The number of carbonyl (C=O) groups is 1. The Labute approximate surface area is 188 Å². The summed E-state index contributed by atoms with van der Waals surface area (Å²) in [5, 5.41) is 7.30. The van der Waals surface area contributed by atoms with E-state index in [9.17, 15) is 17.6 Å². The molecule has 0 saturated carbocycles. The third kappa shape index (κ3) is 4.35. The van der Waals surface area contributed by atoms with Gasteiger partial charge in [0, 0.05) is 28.4 Å². The smallest absolute Gasteiger partial charge is 0.216 e. The van der Waals surface area contributed by atoms with E-state index in [4.69, 9.17) is 5.14 Å². The summed E-state index contributed by atoms with van der Waals surface area (Å²) >= 11 is 0. The number of aromatic amines is 1. The van der Waals surface area contributed by atoms with Gasteiger partial charge in [0.2, 0.25) is 15.8 Å². The molecule has 2 aromatic carbocycles. The van der Waals surface area contributed by atoms with E-state index >= 15 is 4.39 Å². The molecule has 2 heterocycles. The predicted octanol–water partition coefficient (Wildman–Crippen LogP) is 4.56. The van der Waals surface area contributed by atoms with Crippen LogP contribution in [0.2, 0.25) is 0 Å². The van der Waals surface area contributed by atoms with Crippen LogP contribution in [0, 0.1) is 11.6 Å². The summed E-state index contributed by atoms with van der Waals surface area (Å²) in [6.45, 7) is 1.51. The van der Waals surface area contributed by atoms with Crippen LogP contribution in [0.3, 0.4) is 0 Å². The van der Waals surface area contributed by atoms with E-state index in [1.807, 2.05) is 30.3 Å². The third-order valence-corrected chi connectivity index (χ3v) is 6.68. The van der Waals surface area contributed by atoms with Crippen molar-refractivity contribution in [1.29, 1.82) is 0 Å². The summed E-state index contributed by atoms with van der Waals surface area (Å²) in [6, 6.07) is 12.8. The summed E-state index contributed by atoms with van der Waals surface area (Å²) in [7, 11) is -4.17. The highest BCUT2D eigenvalue weighted by molar-refractivity contribution is 7.89. The number of pyridine rings is 1. The first-order chi connectivity index (χ1) is 15.7. The van der Waals surface area contributed by atoms with Gasteiger partial charge in [-0.2, -0.15) is 0 Å². The average molecular weight is 471 g/mol.